The van der Waals surface area contributed by atoms with Crippen LogP contribution in [0.25, 0.3) is 11.3 Å². The standard InChI is InChI=1S/C21H19FN4O5/c1-12(27)31-20-18(29-2)8-13(9-19(20)30-3)11-23-26-21(28)17-10-16(24-25-17)14-4-6-15(22)7-5-14/h4-11H,1-3H3,(H,24,25)(H,26,28). The molecule has 31 heavy (non-hydrogen) atoms. The number of carbonyl (C=O) groups is 2. The van der Waals surface area contributed by atoms with Crippen molar-refractivity contribution < 1.29 is 28.2 Å². The Labute approximate surface area is 176 Å². The summed E-state index contributed by atoms with van der Waals surface area (Å²) in [5, 5.41) is 10.6. The van der Waals surface area contributed by atoms with Crippen LogP contribution in [0.1, 0.15) is 23.0 Å². The Kier molecular flexibility index (Phi) is 6.61. The van der Waals surface area contributed by atoms with Gasteiger partial charge in [0.2, 0.25) is 5.75 Å². The van der Waals surface area contributed by atoms with Gasteiger partial charge in [-0.3, -0.25) is 14.7 Å². The zero-order valence-electron chi connectivity index (χ0n) is 16.9. The summed E-state index contributed by atoms with van der Waals surface area (Å²) in [6.07, 6.45) is 1.37. The summed E-state index contributed by atoms with van der Waals surface area (Å²) in [5.74, 6) is -0.734. The van der Waals surface area contributed by atoms with E-state index in [1.54, 1.807) is 24.3 Å². The van der Waals surface area contributed by atoms with Gasteiger partial charge in [-0.2, -0.15) is 10.2 Å². The number of carbonyl (C=O) groups excluding carboxylic acids is 2. The van der Waals surface area contributed by atoms with Crippen molar-refractivity contribution in [1.82, 2.24) is 15.6 Å². The van der Waals surface area contributed by atoms with E-state index >= 15 is 0 Å². The highest BCUT2D eigenvalue weighted by Crippen LogP contribution is 2.38. The molecule has 0 saturated carbocycles. The van der Waals surface area contributed by atoms with Crippen LogP contribution < -0.4 is 19.6 Å². The fourth-order valence-electron chi connectivity index (χ4n) is 2.65. The van der Waals surface area contributed by atoms with E-state index < -0.39 is 11.9 Å². The minimum atomic E-state index is -0.523. The molecule has 3 aromatic rings. The molecule has 1 heterocycles. The summed E-state index contributed by atoms with van der Waals surface area (Å²) in [5.41, 5.74) is 4.23. The van der Waals surface area contributed by atoms with E-state index in [0.29, 0.717) is 16.8 Å². The summed E-state index contributed by atoms with van der Waals surface area (Å²) in [6, 6.07) is 10.4. The highest BCUT2D eigenvalue weighted by atomic mass is 19.1. The van der Waals surface area contributed by atoms with Crippen LogP contribution in [0.3, 0.4) is 0 Å². The van der Waals surface area contributed by atoms with Crippen LogP contribution in [0, 0.1) is 5.82 Å². The molecule has 0 atom stereocenters. The first kappa shape index (κ1) is 21.5. The molecule has 0 aliphatic carbocycles. The Hall–Kier alpha value is -4.21. The number of rotatable bonds is 7. The van der Waals surface area contributed by atoms with Crippen molar-refractivity contribution >= 4 is 18.1 Å². The number of aromatic nitrogens is 2. The largest absolute Gasteiger partial charge is 0.493 e. The lowest BCUT2D eigenvalue weighted by molar-refractivity contribution is -0.132. The van der Waals surface area contributed by atoms with Gasteiger partial charge in [0.25, 0.3) is 5.91 Å². The van der Waals surface area contributed by atoms with E-state index in [9.17, 15) is 14.0 Å². The van der Waals surface area contributed by atoms with Gasteiger partial charge in [-0.15, -0.1) is 0 Å². The minimum Gasteiger partial charge on any atom is -0.493 e. The molecular weight excluding hydrogens is 407 g/mol. The van der Waals surface area contributed by atoms with Crippen molar-refractivity contribution in [3.63, 3.8) is 0 Å². The van der Waals surface area contributed by atoms with E-state index in [2.05, 4.69) is 20.7 Å². The Morgan fingerprint density at radius 1 is 1.10 bits per heavy atom. The van der Waals surface area contributed by atoms with Gasteiger partial charge in [0, 0.05) is 18.1 Å². The van der Waals surface area contributed by atoms with E-state index in [-0.39, 0.29) is 28.8 Å². The average Bonchev–Trinajstić information content (AvgIpc) is 3.25. The Morgan fingerprint density at radius 2 is 1.74 bits per heavy atom. The third-order valence-electron chi connectivity index (χ3n) is 4.07. The quantitative estimate of drug-likeness (QED) is 0.260. The molecule has 3 rings (SSSR count). The van der Waals surface area contributed by atoms with Gasteiger partial charge in [-0.25, -0.2) is 9.82 Å². The number of hydrazone groups is 1. The van der Waals surface area contributed by atoms with Gasteiger partial charge < -0.3 is 14.2 Å². The second-order valence-electron chi connectivity index (χ2n) is 6.22. The number of nitrogens with zero attached hydrogens (tertiary/aromatic N) is 2. The highest BCUT2D eigenvalue weighted by molar-refractivity contribution is 5.94. The number of aromatic amines is 1. The predicted octanol–water partition coefficient (Wildman–Crippen LogP) is 2.92. The third-order valence-corrected chi connectivity index (χ3v) is 4.07. The van der Waals surface area contributed by atoms with Crippen LogP contribution in [0.4, 0.5) is 4.39 Å². The molecule has 0 aliphatic heterocycles. The zero-order chi connectivity index (χ0) is 22.4. The van der Waals surface area contributed by atoms with Crippen LogP contribution >= 0.6 is 0 Å². The summed E-state index contributed by atoms with van der Waals surface area (Å²) >= 11 is 0. The fraction of sp³-hybridized carbons (Fsp3) is 0.143. The predicted molar refractivity (Wildman–Crippen MR) is 110 cm³/mol. The molecular formula is C21H19FN4O5. The Bertz CT molecular complexity index is 1100. The molecule has 9 nitrogen and oxygen atoms in total. The number of esters is 1. The monoisotopic (exact) mass is 426 g/mol. The molecule has 1 aromatic heterocycles. The molecule has 160 valence electrons. The van der Waals surface area contributed by atoms with Crippen LogP contribution in [-0.2, 0) is 4.79 Å². The number of H-pyrrole nitrogens is 1. The first-order chi connectivity index (χ1) is 14.9. The van der Waals surface area contributed by atoms with Crippen molar-refractivity contribution in [3.05, 3.63) is 59.5 Å². The lowest BCUT2D eigenvalue weighted by Crippen LogP contribution is -2.18. The normalized spacial score (nSPS) is 10.7. The van der Waals surface area contributed by atoms with Crippen LogP contribution in [0.2, 0.25) is 0 Å². The van der Waals surface area contributed by atoms with E-state index in [4.69, 9.17) is 14.2 Å². The minimum absolute atomic E-state index is 0.143. The number of amides is 1. The van der Waals surface area contributed by atoms with Gasteiger partial charge in [0.15, 0.2) is 11.5 Å². The molecule has 2 aromatic carbocycles. The van der Waals surface area contributed by atoms with Gasteiger partial charge in [-0.1, -0.05) is 0 Å². The lowest BCUT2D eigenvalue weighted by Gasteiger charge is -2.13. The maximum absolute atomic E-state index is 13.0. The topological polar surface area (TPSA) is 115 Å². The van der Waals surface area contributed by atoms with Crippen molar-refractivity contribution in [2.75, 3.05) is 14.2 Å². The molecule has 0 fully saturated rings. The van der Waals surface area contributed by atoms with Crippen molar-refractivity contribution in [2.45, 2.75) is 6.92 Å². The molecule has 0 radical (unpaired) electrons. The van der Waals surface area contributed by atoms with Crippen LogP contribution in [0.15, 0.2) is 47.6 Å². The summed E-state index contributed by atoms with van der Waals surface area (Å²) in [6.45, 7) is 1.26. The van der Waals surface area contributed by atoms with Gasteiger partial charge in [-0.05, 0) is 42.5 Å². The van der Waals surface area contributed by atoms with E-state index in [0.717, 1.165) is 0 Å². The van der Waals surface area contributed by atoms with E-state index in [1.165, 1.54) is 45.6 Å². The smallest absolute Gasteiger partial charge is 0.308 e. The molecule has 0 saturated heterocycles. The SMILES string of the molecule is COc1cc(C=NNC(=O)c2cc(-c3ccc(F)cc3)n[nH]2)cc(OC)c1OC(C)=O. The second-order valence-corrected chi connectivity index (χ2v) is 6.22. The van der Waals surface area contributed by atoms with Gasteiger partial charge in [0.1, 0.15) is 11.5 Å². The number of methoxy groups -OCH3 is 2. The first-order valence-electron chi connectivity index (χ1n) is 9.00. The maximum Gasteiger partial charge on any atom is 0.308 e. The second kappa shape index (κ2) is 9.53. The number of hydrogen-bond acceptors (Lipinski definition) is 7. The molecule has 0 unspecified atom stereocenters. The molecule has 2 N–H and O–H groups in total. The lowest BCUT2D eigenvalue weighted by atomic mass is 10.1. The number of ether oxygens (including phenoxy) is 3. The number of halogens is 1. The highest BCUT2D eigenvalue weighted by Gasteiger charge is 2.16. The summed E-state index contributed by atoms with van der Waals surface area (Å²) < 4.78 is 28.6. The first-order valence-corrected chi connectivity index (χ1v) is 9.00. The number of hydrogen-bond donors (Lipinski definition) is 2. The van der Waals surface area contributed by atoms with Crippen LogP contribution in [0.5, 0.6) is 17.2 Å². The van der Waals surface area contributed by atoms with Crippen LogP contribution in [-0.4, -0.2) is 42.5 Å². The average molecular weight is 426 g/mol. The third kappa shape index (κ3) is 5.24. The Balaban J connectivity index is 1.72. The number of benzene rings is 2. The fourth-order valence-corrected chi connectivity index (χ4v) is 2.65. The summed E-state index contributed by atoms with van der Waals surface area (Å²) in [4.78, 5) is 23.6. The molecule has 0 bridgehead atoms. The van der Waals surface area contributed by atoms with Crippen molar-refractivity contribution in [3.8, 4) is 28.5 Å². The number of nitrogens with one attached hydrogen (secondary N) is 2. The maximum atomic E-state index is 13.0. The molecule has 0 aliphatic rings. The van der Waals surface area contributed by atoms with Gasteiger partial charge >= 0.3 is 5.97 Å². The van der Waals surface area contributed by atoms with Gasteiger partial charge in [0.05, 0.1) is 26.1 Å². The molecule has 10 heteroatoms. The van der Waals surface area contributed by atoms with Crippen molar-refractivity contribution in [1.29, 1.82) is 0 Å². The van der Waals surface area contributed by atoms with Crippen molar-refractivity contribution in [2.24, 2.45) is 5.10 Å². The molecule has 0 spiro atoms. The molecule has 1 amide bonds. The Morgan fingerprint density at radius 3 is 2.32 bits per heavy atom. The zero-order valence-corrected chi connectivity index (χ0v) is 16.9. The van der Waals surface area contributed by atoms with E-state index in [1.807, 2.05) is 0 Å². The summed E-state index contributed by atoms with van der Waals surface area (Å²) in [7, 11) is 2.84.